The third kappa shape index (κ3) is 3.24. The maximum absolute atomic E-state index is 5.74. The van der Waals surface area contributed by atoms with Crippen LogP contribution in [0.2, 0.25) is 0 Å². The highest BCUT2D eigenvalue weighted by molar-refractivity contribution is 5.52. The quantitative estimate of drug-likeness (QED) is 0.819. The van der Waals surface area contributed by atoms with E-state index in [9.17, 15) is 0 Å². The molecule has 1 rings (SSSR count). The van der Waals surface area contributed by atoms with E-state index in [2.05, 4.69) is 57.0 Å². The lowest BCUT2D eigenvalue weighted by molar-refractivity contribution is 0.385. The number of anilines is 1. The van der Waals surface area contributed by atoms with Gasteiger partial charge in [0.1, 0.15) is 0 Å². The normalized spacial score (nSPS) is 11.5. The Morgan fingerprint density at radius 2 is 1.87 bits per heavy atom. The van der Waals surface area contributed by atoms with Gasteiger partial charge in [0.2, 0.25) is 0 Å². The van der Waals surface area contributed by atoms with Crippen molar-refractivity contribution < 1.29 is 0 Å². The molecule has 0 atom stereocenters. The molecule has 0 aliphatic rings. The summed E-state index contributed by atoms with van der Waals surface area (Å²) in [5, 5.41) is 0. The van der Waals surface area contributed by atoms with Gasteiger partial charge in [-0.1, -0.05) is 32.0 Å². The van der Waals surface area contributed by atoms with Crippen LogP contribution in [-0.2, 0) is 0 Å². The van der Waals surface area contributed by atoms with Gasteiger partial charge in [-0.2, -0.15) is 0 Å². The Labute approximate surface area is 93.1 Å². The number of aryl methyl sites for hydroxylation is 1. The predicted molar refractivity (Wildman–Crippen MR) is 67.3 cm³/mol. The first kappa shape index (κ1) is 12.1. The zero-order chi connectivity index (χ0) is 11.5. The Morgan fingerprint density at radius 3 is 2.40 bits per heavy atom. The van der Waals surface area contributed by atoms with Gasteiger partial charge in [0.05, 0.1) is 0 Å². The molecule has 2 N–H and O–H groups in total. The van der Waals surface area contributed by atoms with Gasteiger partial charge in [0.25, 0.3) is 0 Å². The van der Waals surface area contributed by atoms with Crippen molar-refractivity contribution in [3.63, 3.8) is 0 Å². The largest absolute Gasteiger partial charge is 0.374 e. The Bertz CT molecular complexity index is 318. The molecule has 0 saturated heterocycles. The fraction of sp³-hybridized carbons (Fsp3) is 0.538. The van der Waals surface area contributed by atoms with E-state index < -0.39 is 0 Å². The molecule has 1 aromatic carbocycles. The topological polar surface area (TPSA) is 29.3 Å². The highest BCUT2D eigenvalue weighted by Crippen LogP contribution is 2.22. The zero-order valence-corrected chi connectivity index (χ0v) is 10.2. The van der Waals surface area contributed by atoms with Crippen LogP contribution >= 0.6 is 0 Å². The number of nitrogens with zero attached hydrogens (tertiary/aromatic N) is 1. The van der Waals surface area contributed by atoms with Gasteiger partial charge in [-0.3, -0.25) is 0 Å². The summed E-state index contributed by atoms with van der Waals surface area (Å²) in [5.41, 5.74) is 8.51. The summed E-state index contributed by atoms with van der Waals surface area (Å²) in [6, 6.07) is 8.44. The van der Waals surface area contributed by atoms with Gasteiger partial charge >= 0.3 is 0 Å². The van der Waals surface area contributed by atoms with Gasteiger partial charge in [-0.15, -0.1) is 0 Å². The van der Waals surface area contributed by atoms with Crippen molar-refractivity contribution in [3.8, 4) is 0 Å². The fourth-order valence-corrected chi connectivity index (χ4v) is 1.78. The molecule has 2 heteroatoms. The Kier molecular flexibility index (Phi) is 3.75. The lowest BCUT2D eigenvalue weighted by atomic mass is 9.93. The molecule has 2 nitrogen and oxygen atoms in total. The van der Waals surface area contributed by atoms with E-state index in [0.29, 0.717) is 6.54 Å². The second kappa shape index (κ2) is 4.67. The Morgan fingerprint density at radius 1 is 1.27 bits per heavy atom. The molecule has 0 aliphatic carbocycles. The van der Waals surface area contributed by atoms with E-state index in [4.69, 9.17) is 5.73 Å². The molecule has 0 saturated carbocycles. The van der Waals surface area contributed by atoms with Gasteiger partial charge in [0, 0.05) is 19.3 Å². The molecule has 0 aliphatic heterocycles. The van der Waals surface area contributed by atoms with Gasteiger partial charge in [-0.25, -0.2) is 0 Å². The second-order valence-electron chi connectivity index (χ2n) is 5.01. The standard InChI is InChI=1S/C13H22N2/c1-11-7-5-6-8-12(11)15(4)10-13(2,3)9-14/h5-8H,9-10,14H2,1-4H3. The summed E-state index contributed by atoms with van der Waals surface area (Å²) < 4.78 is 0. The third-order valence-electron chi connectivity index (χ3n) is 2.74. The van der Waals surface area contributed by atoms with Crippen LogP contribution in [0.25, 0.3) is 0 Å². The highest BCUT2D eigenvalue weighted by atomic mass is 15.1. The average molecular weight is 206 g/mol. The molecule has 1 aromatic rings. The van der Waals surface area contributed by atoms with Crippen LogP contribution in [0.3, 0.4) is 0 Å². The van der Waals surface area contributed by atoms with Crippen molar-refractivity contribution in [1.29, 1.82) is 0 Å². The molecule has 0 fully saturated rings. The minimum absolute atomic E-state index is 0.164. The second-order valence-corrected chi connectivity index (χ2v) is 5.01. The van der Waals surface area contributed by atoms with E-state index in [-0.39, 0.29) is 5.41 Å². The fourth-order valence-electron chi connectivity index (χ4n) is 1.78. The van der Waals surface area contributed by atoms with Crippen molar-refractivity contribution >= 4 is 5.69 Å². The average Bonchev–Trinajstić information content (AvgIpc) is 2.17. The summed E-state index contributed by atoms with van der Waals surface area (Å²) in [6.45, 7) is 8.22. The van der Waals surface area contributed by atoms with E-state index in [0.717, 1.165) is 6.54 Å². The van der Waals surface area contributed by atoms with Gasteiger partial charge in [-0.05, 0) is 30.5 Å². The first-order chi connectivity index (χ1) is 6.96. The Hall–Kier alpha value is -1.02. The number of hydrogen-bond donors (Lipinski definition) is 1. The molecule has 15 heavy (non-hydrogen) atoms. The van der Waals surface area contributed by atoms with Crippen LogP contribution in [-0.4, -0.2) is 20.1 Å². The maximum atomic E-state index is 5.74. The number of hydrogen-bond acceptors (Lipinski definition) is 2. The predicted octanol–water partition coefficient (Wildman–Crippen LogP) is 2.42. The first-order valence-electron chi connectivity index (χ1n) is 5.43. The van der Waals surface area contributed by atoms with E-state index in [1.165, 1.54) is 11.3 Å². The first-order valence-corrected chi connectivity index (χ1v) is 5.43. The molecular formula is C13H22N2. The smallest absolute Gasteiger partial charge is 0.0393 e. The molecule has 84 valence electrons. The minimum Gasteiger partial charge on any atom is -0.374 e. The zero-order valence-electron chi connectivity index (χ0n) is 10.2. The van der Waals surface area contributed by atoms with Crippen LogP contribution in [0, 0.1) is 12.3 Å². The number of para-hydroxylation sites is 1. The van der Waals surface area contributed by atoms with Crippen LogP contribution in [0.15, 0.2) is 24.3 Å². The van der Waals surface area contributed by atoms with Crippen LogP contribution in [0.5, 0.6) is 0 Å². The summed E-state index contributed by atoms with van der Waals surface area (Å²) in [5.74, 6) is 0. The molecule has 0 heterocycles. The Balaban J connectivity index is 2.78. The SMILES string of the molecule is Cc1ccccc1N(C)CC(C)(C)CN. The molecule has 0 amide bonds. The van der Waals surface area contributed by atoms with Crippen LogP contribution in [0.4, 0.5) is 5.69 Å². The van der Waals surface area contributed by atoms with Gasteiger partial charge < -0.3 is 10.6 Å². The number of rotatable bonds is 4. The van der Waals surface area contributed by atoms with Crippen molar-refractivity contribution in [2.24, 2.45) is 11.1 Å². The van der Waals surface area contributed by atoms with Gasteiger partial charge in [0.15, 0.2) is 0 Å². The maximum Gasteiger partial charge on any atom is 0.0393 e. The number of nitrogens with two attached hydrogens (primary N) is 1. The molecule has 0 aromatic heterocycles. The van der Waals surface area contributed by atoms with E-state index >= 15 is 0 Å². The molecule has 0 spiro atoms. The number of benzene rings is 1. The van der Waals surface area contributed by atoms with Crippen LogP contribution < -0.4 is 10.6 Å². The highest BCUT2D eigenvalue weighted by Gasteiger charge is 2.18. The summed E-state index contributed by atoms with van der Waals surface area (Å²) in [7, 11) is 2.12. The van der Waals surface area contributed by atoms with E-state index in [1.807, 2.05) is 0 Å². The molecular weight excluding hydrogens is 184 g/mol. The summed E-state index contributed by atoms with van der Waals surface area (Å²) in [6.07, 6.45) is 0. The lowest BCUT2D eigenvalue weighted by Crippen LogP contribution is -2.37. The van der Waals surface area contributed by atoms with E-state index in [1.54, 1.807) is 0 Å². The third-order valence-corrected chi connectivity index (χ3v) is 2.74. The van der Waals surface area contributed by atoms with Crippen molar-refractivity contribution in [2.45, 2.75) is 20.8 Å². The summed E-state index contributed by atoms with van der Waals surface area (Å²) in [4.78, 5) is 2.28. The van der Waals surface area contributed by atoms with Crippen LogP contribution in [0.1, 0.15) is 19.4 Å². The molecule has 0 unspecified atom stereocenters. The van der Waals surface area contributed by atoms with Crippen molar-refractivity contribution in [2.75, 3.05) is 25.0 Å². The monoisotopic (exact) mass is 206 g/mol. The van der Waals surface area contributed by atoms with Crippen molar-refractivity contribution in [1.82, 2.24) is 0 Å². The molecule has 0 radical (unpaired) electrons. The molecule has 0 bridgehead atoms. The minimum atomic E-state index is 0.164. The van der Waals surface area contributed by atoms with Crippen molar-refractivity contribution in [3.05, 3.63) is 29.8 Å². The summed E-state index contributed by atoms with van der Waals surface area (Å²) >= 11 is 0. The lowest BCUT2D eigenvalue weighted by Gasteiger charge is -2.31.